The van der Waals surface area contributed by atoms with Crippen LogP contribution in [0.1, 0.15) is 38.1 Å². The third kappa shape index (κ3) is 5.16. The number of hydrogen-bond donors (Lipinski definition) is 2. The Balaban J connectivity index is 3.06. The van der Waals surface area contributed by atoms with Crippen LogP contribution in [0.15, 0.2) is 15.9 Å². The number of thiophene rings is 1. The molecule has 0 radical (unpaired) electrons. The van der Waals surface area contributed by atoms with Crippen molar-refractivity contribution in [3.63, 3.8) is 0 Å². The Bertz CT molecular complexity index is 436. The fraction of sp³-hybridized carbons (Fsp3) is 0.643. The lowest BCUT2D eigenvalue weighted by Gasteiger charge is -2.35. The normalized spacial score (nSPS) is 14.8. The van der Waals surface area contributed by atoms with Gasteiger partial charge in [-0.1, -0.05) is 20.8 Å². The summed E-state index contributed by atoms with van der Waals surface area (Å²) in [5.41, 5.74) is 11.7. The molecule has 0 fully saturated rings. The molecule has 1 aromatic heterocycles. The van der Waals surface area contributed by atoms with Gasteiger partial charge in [0.05, 0.1) is 16.4 Å². The zero-order valence-electron chi connectivity index (χ0n) is 12.3. The molecule has 4 N–H and O–H groups in total. The van der Waals surface area contributed by atoms with E-state index in [4.69, 9.17) is 11.5 Å². The first-order valence-electron chi connectivity index (χ1n) is 6.88. The maximum absolute atomic E-state index is 11.4. The highest BCUT2D eigenvalue weighted by molar-refractivity contribution is 9.11. The van der Waals surface area contributed by atoms with Gasteiger partial charge in [0.1, 0.15) is 0 Å². The van der Waals surface area contributed by atoms with E-state index in [0.29, 0.717) is 5.92 Å². The highest BCUT2D eigenvalue weighted by Crippen LogP contribution is 2.33. The molecule has 0 aliphatic rings. The average molecular weight is 362 g/mol. The molecule has 20 heavy (non-hydrogen) atoms. The van der Waals surface area contributed by atoms with Crippen LogP contribution in [0.2, 0.25) is 0 Å². The van der Waals surface area contributed by atoms with Crippen molar-refractivity contribution in [1.82, 2.24) is 4.90 Å². The van der Waals surface area contributed by atoms with E-state index in [9.17, 15) is 4.79 Å². The maximum atomic E-state index is 11.4. The molecule has 0 saturated heterocycles. The van der Waals surface area contributed by atoms with Crippen LogP contribution in [0.4, 0.5) is 0 Å². The van der Waals surface area contributed by atoms with Crippen LogP contribution < -0.4 is 11.5 Å². The number of hydrogen-bond acceptors (Lipinski definition) is 4. The van der Waals surface area contributed by atoms with Crippen LogP contribution in [0, 0.1) is 5.92 Å². The first-order valence-corrected chi connectivity index (χ1v) is 8.49. The number of nitrogens with zero attached hydrogens (tertiary/aromatic N) is 1. The molecule has 1 aromatic rings. The van der Waals surface area contributed by atoms with Gasteiger partial charge in [0.2, 0.25) is 5.91 Å². The largest absolute Gasteiger partial charge is 0.369 e. The molecule has 0 bridgehead atoms. The van der Waals surface area contributed by atoms with E-state index in [0.717, 1.165) is 16.8 Å². The van der Waals surface area contributed by atoms with Crippen LogP contribution in [-0.2, 0) is 4.79 Å². The van der Waals surface area contributed by atoms with Gasteiger partial charge in [-0.25, -0.2) is 0 Å². The third-order valence-electron chi connectivity index (χ3n) is 3.11. The van der Waals surface area contributed by atoms with Crippen molar-refractivity contribution >= 4 is 33.2 Å². The number of rotatable bonds is 8. The molecule has 0 aliphatic heterocycles. The van der Waals surface area contributed by atoms with Gasteiger partial charge < -0.3 is 11.5 Å². The fourth-order valence-corrected chi connectivity index (χ4v) is 3.95. The summed E-state index contributed by atoms with van der Waals surface area (Å²) < 4.78 is 1.07. The molecule has 2 unspecified atom stereocenters. The molecule has 4 nitrogen and oxygen atoms in total. The molecular weight excluding hydrogens is 338 g/mol. The average Bonchev–Trinajstić information content (AvgIpc) is 2.74. The van der Waals surface area contributed by atoms with Gasteiger partial charge in [-0.15, -0.1) is 11.3 Å². The van der Waals surface area contributed by atoms with Gasteiger partial charge in [0.15, 0.2) is 0 Å². The topological polar surface area (TPSA) is 72.3 Å². The number of halogens is 1. The Kier molecular flexibility index (Phi) is 7.15. The predicted molar refractivity (Wildman–Crippen MR) is 88.6 cm³/mol. The Morgan fingerprint density at radius 2 is 2.10 bits per heavy atom. The summed E-state index contributed by atoms with van der Waals surface area (Å²) >= 11 is 5.15. The van der Waals surface area contributed by atoms with Crippen molar-refractivity contribution in [2.45, 2.75) is 39.3 Å². The Morgan fingerprint density at radius 1 is 1.45 bits per heavy atom. The molecule has 6 heteroatoms. The van der Waals surface area contributed by atoms with Gasteiger partial charge in [-0.2, -0.15) is 0 Å². The van der Waals surface area contributed by atoms with E-state index in [1.807, 2.05) is 6.07 Å². The molecule has 114 valence electrons. The van der Waals surface area contributed by atoms with E-state index in [-0.39, 0.29) is 24.5 Å². The first-order chi connectivity index (χ1) is 9.35. The van der Waals surface area contributed by atoms with Crippen LogP contribution >= 0.6 is 27.3 Å². The SMILES string of the molecule is CCC(N)C(c1ccc(Br)s1)N(CC(N)=O)CC(C)C. The molecule has 1 rings (SSSR count). The van der Waals surface area contributed by atoms with E-state index < -0.39 is 0 Å². The Labute approximate surface area is 133 Å². The summed E-state index contributed by atoms with van der Waals surface area (Å²) in [5, 5.41) is 0. The van der Waals surface area contributed by atoms with E-state index >= 15 is 0 Å². The van der Waals surface area contributed by atoms with Gasteiger partial charge in [-0.3, -0.25) is 9.69 Å². The zero-order valence-corrected chi connectivity index (χ0v) is 14.7. The van der Waals surface area contributed by atoms with Gasteiger partial charge in [0, 0.05) is 17.5 Å². The highest BCUT2D eigenvalue weighted by Gasteiger charge is 2.28. The summed E-state index contributed by atoms with van der Waals surface area (Å²) in [4.78, 5) is 14.7. The lowest BCUT2D eigenvalue weighted by atomic mass is 10.0. The number of nitrogens with two attached hydrogens (primary N) is 2. The summed E-state index contributed by atoms with van der Waals surface area (Å²) in [5.74, 6) is 0.138. The second kappa shape index (κ2) is 8.12. The van der Waals surface area contributed by atoms with Crippen molar-refractivity contribution in [1.29, 1.82) is 0 Å². The van der Waals surface area contributed by atoms with Crippen molar-refractivity contribution in [2.24, 2.45) is 17.4 Å². The van der Waals surface area contributed by atoms with Crippen molar-refractivity contribution in [3.8, 4) is 0 Å². The summed E-state index contributed by atoms with van der Waals surface area (Å²) in [6.07, 6.45) is 0.855. The fourth-order valence-electron chi connectivity index (χ4n) is 2.32. The smallest absolute Gasteiger partial charge is 0.231 e. The quantitative estimate of drug-likeness (QED) is 0.747. The maximum Gasteiger partial charge on any atom is 0.231 e. The molecule has 0 spiro atoms. The standard InChI is InChI=1S/C14H24BrN3OS/c1-4-10(16)14(11-5-6-12(15)20-11)18(7-9(2)3)8-13(17)19/h5-6,9-10,14H,4,7-8,16H2,1-3H3,(H2,17,19). The van der Waals surface area contributed by atoms with Gasteiger partial charge in [0.25, 0.3) is 0 Å². The van der Waals surface area contributed by atoms with Gasteiger partial charge in [-0.05, 0) is 40.4 Å². The first kappa shape index (κ1) is 17.6. The molecule has 1 heterocycles. The number of primary amides is 1. The lowest BCUT2D eigenvalue weighted by Crippen LogP contribution is -2.45. The van der Waals surface area contributed by atoms with Gasteiger partial charge >= 0.3 is 0 Å². The molecule has 2 atom stereocenters. The second-order valence-electron chi connectivity index (χ2n) is 5.45. The summed E-state index contributed by atoms with van der Waals surface area (Å²) in [6, 6.07) is 4.11. The molecule has 0 saturated carbocycles. The zero-order chi connectivity index (χ0) is 15.3. The lowest BCUT2D eigenvalue weighted by molar-refractivity contribution is -0.120. The molecule has 1 amide bonds. The van der Waals surface area contributed by atoms with Crippen molar-refractivity contribution in [3.05, 3.63) is 20.8 Å². The van der Waals surface area contributed by atoms with E-state index in [2.05, 4.69) is 47.7 Å². The van der Waals surface area contributed by atoms with Crippen LogP contribution in [-0.4, -0.2) is 29.9 Å². The number of amides is 1. The molecular formula is C14H24BrN3OS. The third-order valence-corrected chi connectivity index (χ3v) is 4.81. The minimum atomic E-state index is -0.311. The second-order valence-corrected chi connectivity index (χ2v) is 7.94. The minimum absolute atomic E-state index is 0.0151. The predicted octanol–water partition coefficient (Wildman–Crippen LogP) is 2.73. The number of carbonyl (C=O) groups excluding carboxylic acids is 1. The van der Waals surface area contributed by atoms with Crippen molar-refractivity contribution in [2.75, 3.05) is 13.1 Å². The summed E-state index contributed by atoms with van der Waals surface area (Å²) in [7, 11) is 0. The monoisotopic (exact) mass is 361 g/mol. The van der Waals surface area contributed by atoms with Crippen LogP contribution in [0.5, 0.6) is 0 Å². The Hall–Kier alpha value is -0.430. The summed E-state index contributed by atoms with van der Waals surface area (Å²) in [6.45, 7) is 7.38. The Morgan fingerprint density at radius 3 is 2.50 bits per heavy atom. The van der Waals surface area contributed by atoms with Crippen molar-refractivity contribution < 1.29 is 4.79 Å². The van der Waals surface area contributed by atoms with E-state index in [1.165, 1.54) is 4.88 Å². The highest BCUT2D eigenvalue weighted by atomic mass is 79.9. The van der Waals surface area contributed by atoms with E-state index in [1.54, 1.807) is 11.3 Å². The van der Waals surface area contributed by atoms with Crippen LogP contribution in [0.25, 0.3) is 0 Å². The molecule has 0 aromatic carbocycles. The minimum Gasteiger partial charge on any atom is -0.369 e. The molecule has 0 aliphatic carbocycles. The number of carbonyl (C=O) groups is 1. The van der Waals surface area contributed by atoms with Crippen LogP contribution in [0.3, 0.4) is 0 Å².